The highest BCUT2D eigenvalue weighted by Crippen LogP contribution is 2.40. The van der Waals surface area contributed by atoms with Gasteiger partial charge < -0.3 is 18.9 Å². The lowest BCUT2D eigenvalue weighted by atomic mass is 10.2. The van der Waals surface area contributed by atoms with Gasteiger partial charge >= 0.3 is 5.97 Å². The summed E-state index contributed by atoms with van der Waals surface area (Å²) in [5.74, 6) is 1.24. The Morgan fingerprint density at radius 3 is 2.23 bits per heavy atom. The molecule has 0 amide bonds. The molecule has 2 N–H and O–H groups in total. The van der Waals surface area contributed by atoms with Gasteiger partial charge in [-0.1, -0.05) is 30.3 Å². The molecule has 138 valence electrons. The van der Waals surface area contributed by atoms with Crippen LogP contribution in [0.3, 0.4) is 0 Å². The Hall–Kier alpha value is -2.77. The minimum absolute atomic E-state index is 0.0892. The third-order valence-corrected chi connectivity index (χ3v) is 4.17. The van der Waals surface area contributed by atoms with Gasteiger partial charge in [-0.3, -0.25) is 10.6 Å². The summed E-state index contributed by atoms with van der Waals surface area (Å²) in [4.78, 5) is 12.5. The van der Waals surface area contributed by atoms with Gasteiger partial charge in [0.1, 0.15) is 11.8 Å². The van der Waals surface area contributed by atoms with Gasteiger partial charge in [-0.25, -0.2) is 4.79 Å². The first kappa shape index (κ1) is 18.0. The molecule has 3 rings (SSSR count). The molecule has 1 aliphatic heterocycles. The van der Waals surface area contributed by atoms with Crippen molar-refractivity contribution in [3.8, 4) is 23.0 Å². The van der Waals surface area contributed by atoms with Gasteiger partial charge in [-0.2, -0.15) is 0 Å². The number of carbonyl (C=O) groups excluding carboxylic acids is 1. The second kappa shape index (κ2) is 8.07. The normalized spacial score (nSPS) is 19.0. The SMILES string of the molecule is COc1cc(OC(=O)C2CNC(c3ccccc3)N2)cc(OC)c1OC. The Labute approximate surface area is 152 Å². The predicted octanol–water partition coefficient (Wildman–Crippen LogP) is 1.88. The largest absolute Gasteiger partial charge is 0.493 e. The van der Waals surface area contributed by atoms with Crippen LogP contribution >= 0.6 is 0 Å². The Morgan fingerprint density at radius 2 is 1.65 bits per heavy atom. The number of hydrogen-bond donors (Lipinski definition) is 2. The van der Waals surface area contributed by atoms with Crippen LogP contribution in [0.4, 0.5) is 0 Å². The summed E-state index contributed by atoms with van der Waals surface area (Å²) in [6.07, 6.45) is -0.0892. The zero-order chi connectivity index (χ0) is 18.5. The fourth-order valence-corrected chi connectivity index (χ4v) is 2.87. The molecule has 2 unspecified atom stereocenters. The predicted molar refractivity (Wildman–Crippen MR) is 95.8 cm³/mol. The minimum atomic E-state index is -0.459. The van der Waals surface area contributed by atoms with Crippen molar-refractivity contribution in [2.75, 3.05) is 27.9 Å². The molecule has 2 atom stereocenters. The summed E-state index contributed by atoms with van der Waals surface area (Å²) in [5.41, 5.74) is 1.07. The van der Waals surface area contributed by atoms with Crippen LogP contribution in [0.5, 0.6) is 23.0 Å². The molecule has 26 heavy (non-hydrogen) atoms. The molecule has 1 heterocycles. The molecule has 0 spiro atoms. The van der Waals surface area contributed by atoms with E-state index in [1.165, 1.54) is 21.3 Å². The number of methoxy groups -OCH3 is 3. The van der Waals surface area contributed by atoms with Crippen molar-refractivity contribution in [1.29, 1.82) is 0 Å². The van der Waals surface area contributed by atoms with E-state index in [1.54, 1.807) is 12.1 Å². The molecule has 0 bridgehead atoms. The smallest absolute Gasteiger partial charge is 0.329 e. The summed E-state index contributed by atoms with van der Waals surface area (Å²) < 4.78 is 21.3. The molecular formula is C19H22N2O5. The van der Waals surface area contributed by atoms with Gasteiger partial charge in [0.25, 0.3) is 0 Å². The Morgan fingerprint density at radius 1 is 1.00 bits per heavy atom. The van der Waals surface area contributed by atoms with Crippen LogP contribution in [0.2, 0.25) is 0 Å². The van der Waals surface area contributed by atoms with E-state index in [0.717, 1.165) is 5.56 Å². The van der Waals surface area contributed by atoms with E-state index in [0.29, 0.717) is 29.5 Å². The molecule has 7 heteroatoms. The number of carbonyl (C=O) groups is 1. The van der Waals surface area contributed by atoms with Crippen molar-refractivity contribution in [2.24, 2.45) is 0 Å². The molecule has 0 saturated carbocycles. The molecule has 7 nitrogen and oxygen atoms in total. The second-order valence-corrected chi connectivity index (χ2v) is 5.75. The molecule has 1 saturated heterocycles. The summed E-state index contributed by atoms with van der Waals surface area (Å²) in [6, 6.07) is 12.6. The fraction of sp³-hybridized carbons (Fsp3) is 0.316. The molecule has 1 aliphatic rings. The number of rotatable bonds is 6. The van der Waals surface area contributed by atoms with E-state index in [1.807, 2.05) is 30.3 Å². The summed E-state index contributed by atoms with van der Waals surface area (Å²) in [7, 11) is 4.54. The molecular weight excluding hydrogens is 336 g/mol. The average Bonchev–Trinajstić information content (AvgIpc) is 3.18. The van der Waals surface area contributed by atoms with Gasteiger partial charge in [-0.15, -0.1) is 0 Å². The molecule has 0 aliphatic carbocycles. The lowest BCUT2D eigenvalue weighted by Gasteiger charge is -2.16. The van der Waals surface area contributed by atoms with Crippen LogP contribution in [-0.4, -0.2) is 39.9 Å². The zero-order valence-electron chi connectivity index (χ0n) is 14.9. The number of benzene rings is 2. The quantitative estimate of drug-likeness (QED) is 0.603. The topological polar surface area (TPSA) is 78.1 Å². The fourth-order valence-electron chi connectivity index (χ4n) is 2.87. The van der Waals surface area contributed by atoms with Crippen LogP contribution < -0.4 is 29.6 Å². The second-order valence-electron chi connectivity index (χ2n) is 5.75. The molecule has 2 aromatic carbocycles. The molecule has 2 aromatic rings. The lowest BCUT2D eigenvalue weighted by molar-refractivity contribution is -0.136. The number of esters is 1. The van der Waals surface area contributed by atoms with Crippen molar-refractivity contribution < 1.29 is 23.7 Å². The first-order chi connectivity index (χ1) is 12.7. The van der Waals surface area contributed by atoms with Crippen molar-refractivity contribution in [1.82, 2.24) is 10.6 Å². The van der Waals surface area contributed by atoms with Crippen LogP contribution in [0.25, 0.3) is 0 Å². The van der Waals surface area contributed by atoms with Crippen LogP contribution in [0.15, 0.2) is 42.5 Å². The van der Waals surface area contributed by atoms with Crippen molar-refractivity contribution in [3.63, 3.8) is 0 Å². The van der Waals surface area contributed by atoms with Gasteiger partial charge in [0, 0.05) is 18.7 Å². The van der Waals surface area contributed by atoms with E-state index in [9.17, 15) is 4.79 Å². The third kappa shape index (κ3) is 3.74. The van der Waals surface area contributed by atoms with Gasteiger partial charge in [-0.05, 0) is 5.56 Å². The van der Waals surface area contributed by atoms with Crippen molar-refractivity contribution >= 4 is 5.97 Å². The Balaban J connectivity index is 1.70. The van der Waals surface area contributed by atoms with Crippen LogP contribution in [0, 0.1) is 0 Å². The minimum Gasteiger partial charge on any atom is -0.493 e. The monoisotopic (exact) mass is 358 g/mol. The highest BCUT2D eigenvalue weighted by Gasteiger charge is 2.31. The molecule has 0 radical (unpaired) electrons. The van der Waals surface area contributed by atoms with Gasteiger partial charge in [0.2, 0.25) is 5.75 Å². The maximum Gasteiger partial charge on any atom is 0.329 e. The summed E-state index contributed by atoms with van der Waals surface area (Å²) in [5, 5.41) is 6.51. The average molecular weight is 358 g/mol. The van der Waals surface area contributed by atoms with Gasteiger partial charge in [0.15, 0.2) is 11.5 Å². The lowest BCUT2D eigenvalue weighted by Crippen LogP contribution is -2.37. The van der Waals surface area contributed by atoms with Gasteiger partial charge in [0.05, 0.1) is 27.5 Å². The maximum absolute atomic E-state index is 12.5. The molecule has 1 fully saturated rings. The Kier molecular flexibility index (Phi) is 5.60. The summed E-state index contributed by atoms with van der Waals surface area (Å²) in [6.45, 7) is 0.475. The zero-order valence-corrected chi connectivity index (χ0v) is 14.9. The van der Waals surface area contributed by atoms with E-state index < -0.39 is 6.04 Å². The van der Waals surface area contributed by atoms with E-state index >= 15 is 0 Å². The highest BCUT2D eigenvalue weighted by atomic mass is 16.5. The standard InChI is InChI=1S/C19H22N2O5/c1-23-15-9-13(10-16(24-2)17(15)25-3)26-19(22)14-11-20-18(21-14)12-7-5-4-6-8-12/h4-10,14,18,20-21H,11H2,1-3H3. The number of hydrogen-bond acceptors (Lipinski definition) is 7. The first-order valence-corrected chi connectivity index (χ1v) is 8.22. The highest BCUT2D eigenvalue weighted by molar-refractivity contribution is 5.79. The Bertz CT molecular complexity index is 741. The summed E-state index contributed by atoms with van der Waals surface area (Å²) >= 11 is 0. The molecule has 0 aromatic heterocycles. The number of nitrogens with one attached hydrogen (secondary N) is 2. The van der Waals surface area contributed by atoms with E-state index in [-0.39, 0.29) is 12.1 Å². The van der Waals surface area contributed by atoms with Crippen LogP contribution in [-0.2, 0) is 4.79 Å². The van der Waals surface area contributed by atoms with Crippen molar-refractivity contribution in [2.45, 2.75) is 12.2 Å². The third-order valence-electron chi connectivity index (χ3n) is 4.17. The maximum atomic E-state index is 12.5. The van der Waals surface area contributed by atoms with Crippen molar-refractivity contribution in [3.05, 3.63) is 48.0 Å². The van der Waals surface area contributed by atoms with E-state index in [4.69, 9.17) is 18.9 Å². The first-order valence-electron chi connectivity index (χ1n) is 8.22. The van der Waals surface area contributed by atoms with E-state index in [2.05, 4.69) is 10.6 Å². The van der Waals surface area contributed by atoms with Crippen LogP contribution in [0.1, 0.15) is 11.7 Å². The number of ether oxygens (including phenoxy) is 4.